The first-order valence-corrected chi connectivity index (χ1v) is 17.9. The predicted molar refractivity (Wildman–Crippen MR) is 171 cm³/mol. The molecule has 10 nitrogen and oxygen atoms in total. The second-order valence-electron chi connectivity index (χ2n) is 17.9. The monoisotopic (exact) mass is 662 g/mol. The summed E-state index contributed by atoms with van der Waals surface area (Å²) in [4.78, 5) is 35.5. The molecule has 14 unspecified atom stereocenters. The number of rotatable bonds is 10. The van der Waals surface area contributed by atoms with Crippen LogP contribution >= 0.6 is 0 Å². The average molecular weight is 663 g/mol. The van der Waals surface area contributed by atoms with Gasteiger partial charge >= 0.3 is 5.97 Å². The predicted octanol–water partition coefficient (Wildman–Crippen LogP) is 3.99. The highest BCUT2D eigenvalue weighted by atomic mass is 16.7. The SMILES string of the molecule is CC(=O)OC(C1CC(C)C2C(O1)C(O)C1(C)C3CCC4C(C)(C)C(OC(C=O)OCC(=O)CO)CCC45CC35CCC21C)C(C)(C)O. The fourth-order valence-electron chi connectivity index (χ4n) is 13.1. The lowest BCUT2D eigenvalue weighted by Crippen LogP contribution is -2.60. The number of aldehydes is 1. The number of aliphatic hydroxyl groups excluding tert-OH is 2. The minimum absolute atomic E-state index is 0.129. The summed E-state index contributed by atoms with van der Waals surface area (Å²) in [5, 5.41) is 32.5. The number of aliphatic hydroxyl groups is 3. The molecular weight excluding hydrogens is 604 g/mol. The summed E-state index contributed by atoms with van der Waals surface area (Å²) in [7, 11) is 0. The van der Waals surface area contributed by atoms with Gasteiger partial charge in [-0.3, -0.25) is 14.4 Å². The van der Waals surface area contributed by atoms with E-state index in [-0.39, 0.29) is 51.6 Å². The van der Waals surface area contributed by atoms with E-state index in [2.05, 4.69) is 34.6 Å². The van der Waals surface area contributed by atoms with Crippen molar-refractivity contribution in [3.05, 3.63) is 0 Å². The number of carbonyl (C=O) groups is 3. The van der Waals surface area contributed by atoms with Crippen LogP contribution in [0.25, 0.3) is 0 Å². The van der Waals surface area contributed by atoms with Crippen molar-refractivity contribution in [3.63, 3.8) is 0 Å². The Hall–Kier alpha value is -1.43. The van der Waals surface area contributed by atoms with Crippen molar-refractivity contribution in [1.82, 2.24) is 0 Å². The Morgan fingerprint density at radius 1 is 1.04 bits per heavy atom. The van der Waals surface area contributed by atoms with Gasteiger partial charge in [0.05, 0.1) is 30.0 Å². The quantitative estimate of drug-likeness (QED) is 0.178. The Bertz CT molecular complexity index is 1260. The minimum Gasteiger partial charge on any atom is -0.457 e. The molecule has 3 N–H and O–H groups in total. The smallest absolute Gasteiger partial charge is 0.303 e. The lowest BCUT2D eigenvalue weighted by molar-refractivity contribution is -0.225. The fraction of sp³-hybridized carbons (Fsp3) is 0.919. The van der Waals surface area contributed by atoms with E-state index in [0.717, 1.165) is 44.9 Å². The number of esters is 1. The second kappa shape index (κ2) is 11.6. The van der Waals surface area contributed by atoms with Crippen molar-refractivity contribution in [1.29, 1.82) is 0 Å². The van der Waals surface area contributed by atoms with E-state index >= 15 is 0 Å². The number of fused-ring (bicyclic) bond motifs is 4. The molecule has 0 radical (unpaired) electrons. The average Bonchev–Trinajstić information content (AvgIpc) is 3.62. The molecule has 5 saturated carbocycles. The van der Waals surface area contributed by atoms with E-state index in [1.165, 1.54) is 6.92 Å². The van der Waals surface area contributed by atoms with Crippen LogP contribution in [0.3, 0.4) is 0 Å². The van der Waals surface area contributed by atoms with Crippen molar-refractivity contribution in [2.75, 3.05) is 13.2 Å². The number of Topliss-reactive ketones (excluding diaryl/α,β-unsaturated/α-hetero) is 1. The van der Waals surface area contributed by atoms with Crippen LogP contribution in [0.2, 0.25) is 0 Å². The number of hydrogen-bond acceptors (Lipinski definition) is 10. The molecule has 6 aliphatic rings. The summed E-state index contributed by atoms with van der Waals surface area (Å²) in [6.45, 7) is 15.1. The zero-order chi connectivity index (χ0) is 34.5. The van der Waals surface area contributed by atoms with Gasteiger partial charge in [-0.15, -0.1) is 0 Å². The third-order valence-electron chi connectivity index (χ3n) is 15.1. The standard InChI is InChI=1S/C37H58O10/c1-20-15-23(31(33(5,6)43)45-21(2)40)46-29-28(20)34(7)13-14-37-19-36(37)12-11-26(47-27(17-39)44-18-22(41)16-38)32(3,4)24(36)9-10-25(37)35(34,8)30(29)42/h17,20,23-31,38,42-43H,9-16,18-19H2,1-8H3. The van der Waals surface area contributed by atoms with E-state index < -0.39 is 54.7 Å². The Morgan fingerprint density at radius 3 is 2.32 bits per heavy atom. The summed E-state index contributed by atoms with van der Waals surface area (Å²) in [6, 6.07) is 0. The fourth-order valence-corrected chi connectivity index (χ4v) is 13.1. The van der Waals surface area contributed by atoms with E-state index in [9.17, 15) is 24.6 Å². The van der Waals surface area contributed by atoms with Crippen LogP contribution in [0.5, 0.6) is 0 Å². The highest BCUT2D eigenvalue weighted by Crippen LogP contribution is 2.89. The Morgan fingerprint density at radius 2 is 1.70 bits per heavy atom. The molecule has 47 heavy (non-hydrogen) atoms. The number of ketones is 1. The first kappa shape index (κ1) is 35.4. The maximum atomic E-state index is 12.5. The van der Waals surface area contributed by atoms with Crippen molar-refractivity contribution in [2.45, 2.75) is 149 Å². The number of carbonyl (C=O) groups excluding carboxylic acids is 3. The zero-order valence-corrected chi connectivity index (χ0v) is 29.6. The van der Waals surface area contributed by atoms with Crippen LogP contribution < -0.4 is 0 Å². The molecule has 14 atom stereocenters. The summed E-state index contributed by atoms with van der Waals surface area (Å²) < 4.78 is 24.1. The molecule has 0 aromatic heterocycles. The van der Waals surface area contributed by atoms with Crippen LogP contribution in [0.1, 0.15) is 107 Å². The summed E-state index contributed by atoms with van der Waals surface area (Å²) >= 11 is 0. The second-order valence-corrected chi connectivity index (χ2v) is 17.9. The van der Waals surface area contributed by atoms with Gasteiger partial charge in [0.15, 0.2) is 18.2 Å². The lowest BCUT2D eigenvalue weighted by atomic mass is 9.41. The van der Waals surface area contributed by atoms with Gasteiger partial charge in [0, 0.05) is 12.3 Å². The van der Waals surface area contributed by atoms with Crippen LogP contribution in [-0.2, 0) is 33.3 Å². The van der Waals surface area contributed by atoms with E-state index in [1.54, 1.807) is 13.8 Å². The normalized spacial score (nSPS) is 47.6. The lowest BCUT2D eigenvalue weighted by Gasteiger charge is -2.63. The van der Waals surface area contributed by atoms with Gasteiger partial charge in [0.2, 0.25) is 6.29 Å². The van der Waals surface area contributed by atoms with Crippen LogP contribution in [0, 0.1) is 50.7 Å². The number of hydrogen-bond donors (Lipinski definition) is 3. The molecule has 5 aliphatic carbocycles. The molecule has 0 aromatic carbocycles. The third kappa shape index (κ3) is 4.96. The van der Waals surface area contributed by atoms with Crippen LogP contribution in [-0.4, -0.2) is 89.0 Å². The van der Waals surface area contributed by atoms with Gasteiger partial charge in [0.1, 0.15) is 13.2 Å². The van der Waals surface area contributed by atoms with Crippen LogP contribution in [0.4, 0.5) is 0 Å². The molecule has 0 aromatic rings. The van der Waals surface area contributed by atoms with Gasteiger partial charge in [-0.05, 0) is 111 Å². The van der Waals surface area contributed by atoms with Gasteiger partial charge in [-0.1, -0.05) is 34.6 Å². The highest BCUT2D eigenvalue weighted by molar-refractivity contribution is 5.80. The largest absolute Gasteiger partial charge is 0.457 e. The van der Waals surface area contributed by atoms with Crippen molar-refractivity contribution >= 4 is 18.0 Å². The molecule has 6 fully saturated rings. The van der Waals surface area contributed by atoms with Crippen LogP contribution in [0.15, 0.2) is 0 Å². The highest BCUT2D eigenvalue weighted by Gasteiger charge is 2.84. The van der Waals surface area contributed by atoms with Crippen molar-refractivity contribution in [2.24, 2.45) is 50.7 Å². The van der Waals surface area contributed by atoms with Gasteiger partial charge < -0.3 is 34.3 Å². The van der Waals surface area contributed by atoms with Gasteiger partial charge in [-0.2, -0.15) is 0 Å². The molecular formula is C37H58O10. The molecule has 6 rings (SSSR count). The molecule has 1 heterocycles. The number of ether oxygens (including phenoxy) is 4. The molecule has 266 valence electrons. The molecule has 0 bridgehead atoms. The molecule has 0 amide bonds. The molecule has 1 aliphatic heterocycles. The zero-order valence-electron chi connectivity index (χ0n) is 29.6. The summed E-state index contributed by atoms with van der Waals surface area (Å²) in [6.07, 6.45) is 4.54. The molecule has 10 heteroatoms. The van der Waals surface area contributed by atoms with E-state index in [1.807, 2.05) is 0 Å². The van der Waals surface area contributed by atoms with E-state index in [4.69, 9.17) is 24.1 Å². The Labute approximate surface area is 279 Å². The Kier molecular flexibility index (Phi) is 8.70. The molecule has 1 saturated heterocycles. The van der Waals surface area contributed by atoms with Gasteiger partial charge in [0.25, 0.3) is 0 Å². The third-order valence-corrected chi connectivity index (χ3v) is 15.1. The van der Waals surface area contributed by atoms with Crippen molar-refractivity contribution < 1.29 is 48.7 Å². The molecule has 2 spiro atoms. The maximum Gasteiger partial charge on any atom is 0.303 e. The maximum absolute atomic E-state index is 12.5. The Balaban J connectivity index is 1.25. The van der Waals surface area contributed by atoms with E-state index in [0.29, 0.717) is 24.5 Å². The first-order valence-electron chi connectivity index (χ1n) is 17.9. The minimum atomic E-state index is -1.29. The van der Waals surface area contributed by atoms with Crippen molar-refractivity contribution in [3.8, 4) is 0 Å². The first-order chi connectivity index (χ1) is 21.8. The summed E-state index contributed by atoms with van der Waals surface area (Å²) in [5.41, 5.74) is -1.73. The summed E-state index contributed by atoms with van der Waals surface area (Å²) in [5.74, 6) is 0.141. The van der Waals surface area contributed by atoms with Gasteiger partial charge in [-0.25, -0.2) is 0 Å². The topological polar surface area (TPSA) is 149 Å².